The molecule has 1 heterocycles. The lowest BCUT2D eigenvalue weighted by molar-refractivity contribution is -0.144. The number of fused-ring (bicyclic) bond motifs is 2. The highest BCUT2D eigenvalue weighted by molar-refractivity contribution is 8.20. The van der Waals surface area contributed by atoms with Gasteiger partial charge in [0.15, 0.2) is 5.78 Å². The van der Waals surface area contributed by atoms with E-state index in [4.69, 9.17) is 4.74 Å². The van der Waals surface area contributed by atoms with Crippen LogP contribution < -0.4 is 0 Å². The Labute approximate surface area is 120 Å². The van der Waals surface area contributed by atoms with Crippen molar-refractivity contribution >= 4 is 35.3 Å². The summed E-state index contributed by atoms with van der Waals surface area (Å²) in [6.07, 6.45) is 0.546. The standard InChI is InChI=1S/C14H14O3S2/c1-17-13(16)10-8-14(18-6-7-19-14)11-5-3-2-4-9(11)12(10)15/h2-5,10H,6-8H2,1H3. The fourth-order valence-electron chi connectivity index (χ4n) is 2.75. The minimum absolute atomic E-state index is 0.0961. The summed E-state index contributed by atoms with van der Waals surface area (Å²) in [5.74, 6) is 0.952. The van der Waals surface area contributed by atoms with E-state index in [1.54, 1.807) is 0 Å². The van der Waals surface area contributed by atoms with Crippen molar-refractivity contribution in [2.45, 2.75) is 10.5 Å². The monoisotopic (exact) mass is 294 g/mol. The second-order valence-corrected chi connectivity index (χ2v) is 7.69. The lowest BCUT2D eigenvalue weighted by Crippen LogP contribution is -2.37. The number of esters is 1. The molecule has 2 aliphatic rings. The fraction of sp³-hybridized carbons (Fsp3) is 0.429. The van der Waals surface area contributed by atoms with Crippen LogP contribution in [0.1, 0.15) is 22.3 Å². The molecule has 3 rings (SSSR count). The fourth-order valence-corrected chi connectivity index (χ4v) is 6.15. The van der Waals surface area contributed by atoms with Gasteiger partial charge in [-0.25, -0.2) is 0 Å². The first kappa shape index (κ1) is 13.1. The van der Waals surface area contributed by atoms with Crippen LogP contribution in [0.2, 0.25) is 0 Å². The van der Waals surface area contributed by atoms with Crippen LogP contribution in [0.3, 0.4) is 0 Å². The van der Waals surface area contributed by atoms with E-state index in [-0.39, 0.29) is 9.86 Å². The van der Waals surface area contributed by atoms with Gasteiger partial charge in [0.25, 0.3) is 0 Å². The molecule has 1 atom stereocenters. The number of benzene rings is 1. The number of hydrogen-bond acceptors (Lipinski definition) is 5. The molecule has 1 unspecified atom stereocenters. The van der Waals surface area contributed by atoms with Crippen LogP contribution in [0.25, 0.3) is 0 Å². The van der Waals surface area contributed by atoms with Crippen LogP contribution in [0.15, 0.2) is 24.3 Å². The van der Waals surface area contributed by atoms with E-state index < -0.39 is 11.9 Å². The Balaban J connectivity index is 2.11. The molecule has 1 aliphatic heterocycles. The van der Waals surface area contributed by atoms with Crippen LogP contribution in [0.4, 0.5) is 0 Å². The Morgan fingerprint density at radius 3 is 2.68 bits per heavy atom. The van der Waals surface area contributed by atoms with Crippen LogP contribution in [-0.2, 0) is 13.6 Å². The van der Waals surface area contributed by atoms with Gasteiger partial charge in [0, 0.05) is 17.1 Å². The minimum atomic E-state index is -0.655. The highest BCUT2D eigenvalue weighted by Gasteiger charge is 2.49. The van der Waals surface area contributed by atoms with E-state index in [0.29, 0.717) is 12.0 Å². The Morgan fingerprint density at radius 1 is 1.32 bits per heavy atom. The third kappa shape index (κ3) is 1.99. The maximum atomic E-state index is 12.4. The molecule has 100 valence electrons. The number of methoxy groups -OCH3 is 1. The molecule has 1 fully saturated rings. The van der Waals surface area contributed by atoms with Crippen molar-refractivity contribution in [1.82, 2.24) is 0 Å². The topological polar surface area (TPSA) is 43.4 Å². The Bertz CT molecular complexity index is 535. The summed E-state index contributed by atoms with van der Waals surface area (Å²) in [7, 11) is 1.34. The Morgan fingerprint density at radius 2 is 2.00 bits per heavy atom. The van der Waals surface area contributed by atoms with Gasteiger partial charge in [-0.05, 0) is 12.0 Å². The van der Waals surface area contributed by atoms with Gasteiger partial charge in [-0.3, -0.25) is 9.59 Å². The Hall–Kier alpha value is -0.940. The highest BCUT2D eigenvalue weighted by atomic mass is 32.2. The van der Waals surface area contributed by atoms with Gasteiger partial charge in [0.1, 0.15) is 5.92 Å². The zero-order valence-corrected chi connectivity index (χ0v) is 12.2. The van der Waals surface area contributed by atoms with Crippen molar-refractivity contribution in [3.63, 3.8) is 0 Å². The predicted octanol–water partition coefficient (Wildman–Crippen LogP) is 2.70. The summed E-state index contributed by atoms with van der Waals surface area (Å²) in [6, 6.07) is 7.67. The first-order valence-corrected chi connectivity index (χ1v) is 8.14. The Kier molecular flexibility index (Phi) is 3.35. The molecule has 1 spiro atoms. The third-order valence-corrected chi connectivity index (χ3v) is 7.12. The average Bonchev–Trinajstić information content (AvgIpc) is 2.92. The van der Waals surface area contributed by atoms with Crippen molar-refractivity contribution in [2.24, 2.45) is 5.92 Å². The summed E-state index contributed by atoms with van der Waals surface area (Å²) in [5, 5.41) is 0. The predicted molar refractivity (Wildman–Crippen MR) is 77.5 cm³/mol. The lowest BCUT2D eigenvalue weighted by atomic mass is 9.82. The van der Waals surface area contributed by atoms with Crippen LogP contribution >= 0.6 is 23.5 Å². The van der Waals surface area contributed by atoms with E-state index in [9.17, 15) is 9.59 Å². The molecule has 0 bridgehead atoms. The molecule has 1 aromatic rings. The van der Waals surface area contributed by atoms with Crippen molar-refractivity contribution in [3.05, 3.63) is 35.4 Å². The van der Waals surface area contributed by atoms with E-state index in [2.05, 4.69) is 0 Å². The van der Waals surface area contributed by atoms with Crippen molar-refractivity contribution < 1.29 is 14.3 Å². The van der Waals surface area contributed by atoms with Gasteiger partial charge in [-0.1, -0.05) is 24.3 Å². The first-order chi connectivity index (χ1) is 9.18. The number of ether oxygens (including phenoxy) is 1. The number of carbonyl (C=O) groups excluding carboxylic acids is 2. The number of hydrogen-bond donors (Lipinski definition) is 0. The molecule has 1 saturated heterocycles. The van der Waals surface area contributed by atoms with Crippen LogP contribution in [0, 0.1) is 5.92 Å². The van der Waals surface area contributed by atoms with E-state index in [0.717, 1.165) is 17.1 Å². The van der Waals surface area contributed by atoms with Gasteiger partial charge in [0.2, 0.25) is 0 Å². The quantitative estimate of drug-likeness (QED) is 0.588. The average molecular weight is 294 g/mol. The SMILES string of the molecule is COC(=O)C1CC2(SCCS2)c2ccccc2C1=O. The number of carbonyl (C=O) groups is 2. The molecule has 0 radical (unpaired) electrons. The smallest absolute Gasteiger partial charge is 0.316 e. The lowest BCUT2D eigenvalue weighted by Gasteiger charge is -2.36. The molecule has 0 aromatic heterocycles. The van der Waals surface area contributed by atoms with Gasteiger partial charge in [0.05, 0.1) is 11.2 Å². The van der Waals surface area contributed by atoms with Gasteiger partial charge < -0.3 is 4.74 Å². The van der Waals surface area contributed by atoms with E-state index in [1.165, 1.54) is 7.11 Å². The van der Waals surface area contributed by atoms with Crippen molar-refractivity contribution in [2.75, 3.05) is 18.6 Å². The number of thioether (sulfide) groups is 2. The van der Waals surface area contributed by atoms with Crippen molar-refractivity contribution in [3.8, 4) is 0 Å². The molecule has 1 aliphatic carbocycles. The van der Waals surface area contributed by atoms with E-state index >= 15 is 0 Å². The van der Waals surface area contributed by atoms with Gasteiger partial charge >= 0.3 is 5.97 Å². The summed E-state index contributed by atoms with van der Waals surface area (Å²) in [5.41, 5.74) is 1.76. The summed E-state index contributed by atoms with van der Waals surface area (Å²) in [6.45, 7) is 0. The molecule has 19 heavy (non-hydrogen) atoms. The summed E-state index contributed by atoms with van der Waals surface area (Å²) >= 11 is 3.69. The van der Waals surface area contributed by atoms with E-state index in [1.807, 2.05) is 47.8 Å². The largest absolute Gasteiger partial charge is 0.468 e. The van der Waals surface area contributed by atoms with Crippen molar-refractivity contribution in [1.29, 1.82) is 0 Å². The maximum absolute atomic E-state index is 12.4. The van der Waals surface area contributed by atoms with Crippen LogP contribution in [-0.4, -0.2) is 30.4 Å². The molecule has 0 amide bonds. The molecule has 3 nitrogen and oxygen atoms in total. The molecule has 0 saturated carbocycles. The number of rotatable bonds is 1. The molecular weight excluding hydrogens is 280 g/mol. The number of ketones is 1. The molecule has 5 heteroatoms. The molecule has 0 N–H and O–H groups in total. The van der Waals surface area contributed by atoms with Gasteiger partial charge in [-0.15, -0.1) is 23.5 Å². The summed E-state index contributed by atoms with van der Waals surface area (Å²) in [4.78, 5) is 24.3. The number of Topliss-reactive ketones (excluding diaryl/α,β-unsaturated/α-hetero) is 1. The molecule has 1 aromatic carbocycles. The normalized spacial score (nSPS) is 24.3. The second-order valence-electron chi connectivity index (χ2n) is 4.64. The third-order valence-electron chi connectivity index (χ3n) is 3.63. The van der Waals surface area contributed by atoms with Gasteiger partial charge in [-0.2, -0.15) is 0 Å². The zero-order chi connectivity index (χ0) is 13.5. The minimum Gasteiger partial charge on any atom is -0.468 e. The second kappa shape index (κ2) is 4.87. The zero-order valence-electron chi connectivity index (χ0n) is 10.5. The highest BCUT2D eigenvalue weighted by Crippen LogP contribution is 2.58. The van der Waals surface area contributed by atoms with Crippen LogP contribution in [0.5, 0.6) is 0 Å². The maximum Gasteiger partial charge on any atom is 0.316 e. The summed E-state index contributed by atoms with van der Waals surface area (Å²) < 4.78 is 4.65. The molecular formula is C14H14O3S2. The first-order valence-electron chi connectivity index (χ1n) is 6.17.